The SMILES string of the molecule is CCNCC(C)S(=O)(=O)N(C)Cc1csc(Br)c1. The smallest absolute Gasteiger partial charge is 0.218 e. The molecule has 4 nitrogen and oxygen atoms in total. The zero-order chi connectivity index (χ0) is 13.8. The lowest BCUT2D eigenvalue weighted by molar-refractivity contribution is 0.454. The summed E-state index contributed by atoms with van der Waals surface area (Å²) in [6, 6.07) is 1.95. The molecule has 7 heteroatoms. The van der Waals surface area contributed by atoms with Crippen LogP contribution < -0.4 is 5.32 Å². The van der Waals surface area contributed by atoms with Gasteiger partial charge in [0, 0.05) is 20.1 Å². The molecule has 1 atom stereocenters. The van der Waals surface area contributed by atoms with E-state index in [-0.39, 0.29) is 0 Å². The highest BCUT2D eigenvalue weighted by Crippen LogP contribution is 2.22. The fraction of sp³-hybridized carbons (Fsp3) is 0.636. The molecule has 0 saturated heterocycles. The summed E-state index contributed by atoms with van der Waals surface area (Å²) in [5, 5.41) is 4.62. The van der Waals surface area contributed by atoms with E-state index < -0.39 is 15.3 Å². The van der Waals surface area contributed by atoms with Crippen molar-refractivity contribution >= 4 is 37.3 Å². The summed E-state index contributed by atoms with van der Waals surface area (Å²) >= 11 is 4.94. The van der Waals surface area contributed by atoms with Gasteiger partial charge >= 0.3 is 0 Å². The van der Waals surface area contributed by atoms with E-state index >= 15 is 0 Å². The predicted octanol–water partition coefficient (Wildman–Crippen LogP) is 2.27. The average Bonchev–Trinajstić information content (AvgIpc) is 2.71. The van der Waals surface area contributed by atoms with Crippen LogP contribution in [0.25, 0.3) is 0 Å². The van der Waals surface area contributed by atoms with Crippen molar-refractivity contribution in [1.82, 2.24) is 9.62 Å². The predicted molar refractivity (Wildman–Crippen MR) is 80.4 cm³/mol. The molecule has 1 heterocycles. The highest BCUT2D eigenvalue weighted by Gasteiger charge is 2.25. The van der Waals surface area contributed by atoms with Gasteiger partial charge < -0.3 is 5.32 Å². The van der Waals surface area contributed by atoms with Crippen molar-refractivity contribution in [2.45, 2.75) is 25.6 Å². The van der Waals surface area contributed by atoms with Gasteiger partial charge in [-0.1, -0.05) is 6.92 Å². The lowest BCUT2D eigenvalue weighted by atomic mass is 10.3. The number of nitrogens with one attached hydrogen (secondary N) is 1. The van der Waals surface area contributed by atoms with Crippen LogP contribution in [0.2, 0.25) is 0 Å². The van der Waals surface area contributed by atoms with Gasteiger partial charge in [0.05, 0.1) is 9.04 Å². The quantitative estimate of drug-likeness (QED) is 0.816. The van der Waals surface area contributed by atoms with Crippen molar-refractivity contribution in [2.75, 3.05) is 20.1 Å². The van der Waals surface area contributed by atoms with Gasteiger partial charge in [0.1, 0.15) is 0 Å². The molecule has 1 aromatic rings. The van der Waals surface area contributed by atoms with Crippen LogP contribution in [0.1, 0.15) is 19.4 Å². The van der Waals surface area contributed by atoms with E-state index in [1.165, 1.54) is 4.31 Å². The molecule has 0 saturated carbocycles. The minimum atomic E-state index is -3.24. The van der Waals surface area contributed by atoms with E-state index in [0.29, 0.717) is 13.1 Å². The first-order chi connectivity index (χ1) is 8.37. The molecule has 18 heavy (non-hydrogen) atoms. The average molecular weight is 355 g/mol. The Labute approximate surface area is 122 Å². The van der Waals surface area contributed by atoms with Crippen molar-refractivity contribution in [1.29, 1.82) is 0 Å². The molecule has 104 valence electrons. The molecular formula is C11H19BrN2O2S2. The second kappa shape index (κ2) is 7.00. The molecule has 0 aliphatic heterocycles. The highest BCUT2D eigenvalue weighted by atomic mass is 79.9. The Kier molecular flexibility index (Phi) is 6.26. The zero-order valence-corrected chi connectivity index (χ0v) is 14.0. The van der Waals surface area contributed by atoms with E-state index in [9.17, 15) is 8.42 Å². The van der Waals surface area contributed by atoms with E-state index in [2.05, 4.69) is 21.2 Å². The van der Waals surface area contributed by atoms with Crippen molar-refractivity contribution < 1.29 is 8.42 Å². The first-order valence-corrected chi connectivity index (χ1v) is 8.94. The summed E-state index contributed by atoms with van der Waals surface area (Å²) in [6.45, 7) is 5.38. The maximum atomic E-state index is 12.2. The van der Waals surface area contributed by atoms with Gasteiger partial charge in [-0.25, -0.2) is 12.7 Å². The number of sulfonamides is 1. The lowest BCUT2D eigenvalue weighted by Gasteiger charge is -2.21. The molecule has 0 aliphatic rings. The molecular weight excluding hydrogens is 336 g/mol. The Hall–Kier alpha value is 0.0500. The monoisotopic (exact) mass is 354 g/mol. The van der Waals surface area contributed by atoms with Gasteiger partial charge in [-0.15, -0.1) is 11.3 Å². The number of rotatable bonds is 7. The molecule has 1 unspecified atom stereocenters. The van der Waals surface area contributed by atoms with Crippen LogP contribution in [-0.4, -0.2) is 38.1 Å². The second-order valence-corrected chi connectivity index (χ2v) is 8.93. The molecule has 1 rings (SSSR count). The van der Waals surface area contributed by atoms with Crippen LogP contribution in [0.3, 0.4) is 0 Å². The third-order valence-corrected chi connectivity index (χ3v) is 6.39. The Morgan fingerprint density at radius 3 is 2.72 bits per heavy atom. The van der Waals surface area contributed by atoms with Crippen molar-refractivity contribution in [2.24, 2.45) is 0 Å². The van der Waals surface area contributed by atoms with Gasteiger partial charge in [0.15, 0.2) is 0 Å². The number of thiophene rings is 1. The summed E-state index contributed by atoms with van der Waals surface area (Å²) in [5.74, 6) is 0. The molecule has 0 aliphatic carbocycles. The van der Waals surface area contributed by atoms with Crippen LogP contribution in [0, 0.1) is 0 Å². The largest absolute Gasteiger partial charge is 0.316 e. The van der Waals surface area contributed by atoms with E-state index in [1.807, 2.05) is 18.4 Å². The van der Waals surface area contributed by atoms with Gasteiger partial charge in [-0.05, 0) is 46.4 Å². The van der Waals surface area contributed by atoms with Gasteiger partial charge in [-0.3, -0.25) is 0 Å². The topological polar surface area (TPSA) is 49.4 Å². The zero-order valence-electron chi connectivity index (χ0n) is 10.8. The third-order valence-electron chi connectivity index (χ3n) is 2.65. The summed E-state index contributed by atoms with van der Waals surface area (Å²) < 4.78 is 26.9. The normalized spacial score (nSPS) is 14.1. The fourth-order valence-electron chi connectivity index (χ4n) is 1.54. The first kappa shape index (κ1) is 16.1. The van der Waals surface area contributed by atoms with Crippen LogP contribution in [0.15, 0.2) is 15.2 Å². The molecule has 0 spiro atoms. The highest BCUT2D eigenvalue weighted by molar-refractivity contribution is 9.11. The molecule has 1 aromatic heterocycles. The third kappa shape index (κ3) is 4.31. The summed E-state index contributed by atoms with van der Waals surface area (Å²) in [6.07, 6.45) is 0. The molecule has 0 aromatic carbocycles. The fourth-order valence-corrected chi connectivity index (χ4v) is 4.01. The molecule has 0 radical (unpaired) electrons. The van der Waals surface area contributed by atoms with Crippen molar-refractivity contribution in [3.05, 3.63) is 20.8 Å². The molecule has 0 fully saturated rings. The maximum absolute atomic E-state index is 12.2. The summed E-state index contributed by atoms with van der Waals surface area (Å²) in [5.41, 5.74) is 1.01. The van der Waals surface area contributed by atoms with E-state index in [1.54, 1.807) is 25.3 Å². The summed E-state index contributed by atoms with van der Waals surface area (Å²) in [7, 11) is -1.61. The Balaban J connectivity index is 2.66. The van der Waals surface area contributed by atoms with Gasteiger partial charge in [0.25, 0.3) is 0 Å². The number of hydrogen-bond donors (Lipinski definition) is 1. The van der Waals surface area contributed by atoms with Crippen LogP contribution in [0.4, 0.5) is 0 Å². The van der Waals surface area contributed by atoms with Gasteiger partial charge in [-0.2, -0.15) is 0 Å². The number of nitrogens with zero attached hydrogens (tertiary/aromatic N) is 1. The van der Waals surface area contributed by atoms with E-state index in [4.69, 9.17) is 0 Å². The van der Waals surface area contributed by atoms with Crippen molar-refractivity contribution in [3.63, 3.8) is 0 Å². The molecule has 1 N–H and O–H groups in total. The van der Waals surface area contributed by atoms with E-state index in [0.717, 1.165) is 15.9 Å². The Bertz CT molecular complexity index is 473. The number of hydrogen-bond acceptors (Lipinski definition) is 4. The lowest BCUT2D eigenvalue weighted by Crippen LogP contribution is -2.39. The number of halogens is 1. The minimum absolute atomic E-state index is 0.412. The van der Waals surface area contributed by atoms with Crippen molar-refractivity contribution in [3.8, 4) is 0 Å². The second-order valence-electron chi connectivity index (χ2n) is 4.18. The minimum Gasteiger partial charge on any atom is -0.316 e. The van der Waals surface area contributed by atoms with Crippen LogP contribution in [0.5, 0.6) is 0 Å². The maximum Gasteiger partial charge on any atom is 0.218 e. The van der Waals surface area contributed by atoms with Crippen LogP contribution in [-0.2, 0) is 16.6 Å². The Morgan fingerprint density at radius 2 is 2.22 bits per heavy atom. The summed E-state index contributed by atoms with van der Waals surface area (Å²) in [4.78, 5) is 0. The molecule has 0 bridgehead atoms. The standard InChI is InChI=1S/C11H19BrN2O2S2/c1-4-13-6-9(2)18(15,16)14(3)7-10-5-11(12)17-8-10/h5,8-9,13H,4,6-7H2,1-3H3. The first-order valence-electron chi connectivity index (χ1n) is 5.76. The molecule has 0 amide bonds. The van der Waals surface area contributed by atoms with Crippen LogP contribution >= 0.6 is 27.3 Å². The Morgan fingerprint density at radius 1 is 1.56 bits per heavy atom. The van der Waals surface area contributed by atoms with Gasteiger partial charge in [0.2, 0.25) is 10.0 Å².